The Balaban J connectivity index is 1.96. The van der Waals surface area contributed by atoms with E-state index in [9.17, 15) is 0 Å². The van der Waals surface area contributed by atoms with E-state index < -0.39 is 0 Å². The van der Waals surface area contributed by atoms with Gasteiger partial charge in [0.15, 0.2) is 0 Å². The first-order valence-electron chi connectivity index (χ1n) is 6.36. The molecule has 0 atom stereocenters. The molecule has 3 nitrogen and oxygen atoms in total. The van der Waals surface area contributed by atoms with Crippen LogP contribution in [0.1, 0.15) is 17.0 Å². The first kappa shape index (κ1) is 11.7. The third-order valence-corrected chi connectivity index (χ3v) is 3.24. The minimum Gasteiger partial charge on any atom is -0.252 e. The Labute approximate surface area is 112 Å². The predicted octanol–water partition coefficient (Wildman–Crippen LogP) is 3.11. The highest BCUT2D eigenvalue weighted by Gasteiger charge is 2.14. The van der Waals surface area contributed by atoms with Crippen LogP contribution in [0.25, 0.3) is 0 Å². The number of aromatic nitrogens is 3. The summed E-state index contributed by atoms with van der Waals surface area (Å²) in [6.45, 7) is 0.800. The fourth-order valence-corrected chi connectivity index (χ4v) is 2.29. The minimum absolute atomic E-state index is 0.295. The number of nitrogens with zero attached hydrogens (tertiary/aromatic N) is 3. The van der Waals surface area contributed by atoms with Gasteiger partial charge in [0.1, 0.15) is 12.7 Å². The SMILES string of the molecule is c1ccc(C(Cn2cncn2)c2ccccc2)cc1. The van der Waals surface area contributed by atoms with Gasteiger partial charge in [-0.15, -0.1) is 0 Å². The van der Waals surface area contributed by atoms with Crippen LogP contribution in [-0.4, -0.2) is 14.8 Å². The highest BCUT2D eigenvalue weighted by atomic mass is 15.3. The molecule has 0 bridgehead atoms. The molecule has 3 rings (SSSR count). The molecule has 0 amide bonds. The van der Waals surface area contributed by atoms with E-state index in [0.29, 0.717) is 5.92 Å². The maximum atomic E-state index is 4.21. The summed E-state index contributed by atoms with van der Waals surface area (Å²) in [6.07, 6.45) is 3.34. The smallest absolute Gasteiger partial charge is 0.137 e. The van der Waals surface area contributed by atoms with E-state index in [1.807, 2.05) is 16.8 Å². The first-order valence-corrected chi connectivity index (χ1v) is 6.36. The summed E-state index contributed by atoms with van der Waals surface area (Å²) in [6, 6.07) is 21.0. The molecule has 0 saturated heterocycles. The maximum Gasteiger partial charge on any atom is 0.137 e. The van der Waals surface area contributed by atoms with E-state index in [1.165, 1.54) is 11.1 Å². The van der Waals surface area contributed by atoms with E-state index in [0.717, 1.165) is 6.54 Å². The molecule has 0 saturated carbocycles. The molecule has 0 fully saturated rings. The van der Waals surface area contributed by atoms with Crippen LogP contribution < -0.4 is 0 Å². The summed E-state index contributed by atoms with van der Waals surface area (Å²) in [5, 5.41) is 4.21. The van der Waals surface area contributed by atoms with Crippen molar-refractivity contribution < 1.29 is 0 Å². The van der Waals surface area contributed by atoms with Crippen LogP contribution in [0.3, 0.4) is 0 Å². The third-order valence-electron chi connectivity index (χ3n) is 3.24. The Bertz CT molecular complexity index is 564. The molecule has 1 aromatic heterocycles. The fraction of sp³-hybridized carbons (Fsp3) is 0.125. The molecule has 19 heavy (non-hydrogen) atoms. The monoisotopic (exact) mass is 249 g/mol. The molecule has 94 valence electrons. The van der Waals surface area contributed by atoms with Crippen molar-refractivity contribution in [3.63, 3.8) is 0 Å². The largest absolute Gasteiger partial charge is 0.252 e. The van der Waals surface area contributed by atoms with Crippen molar-refractivity contribution in [3.05, 3.63) is 84.4 Å². The lowest BCUT2D eigenvalue weighted by Crippen LogP contribution is -2.11. The second-order valence-corrected chi connectivity index (χ2v) is 4.49. The highest BCUT2D eigenvalue weighted by Crippen LogP contribution is 2.25. The van der Waals surface area contributed by atoms with Gasteiger partial charge in [-0.2, -0.15) is 5.10 Å². The minimum atomic E-state index is 0.295. The number of hydrogen-bond acceptors (Lipinski definition) is 2. The van der Waals surface area contributed by atoms with E-state index in [2.05, 4.69) is 58.6 Å². The van der Waals surface area contributed by atoms with E-state index in [-0.39, 0.29) is 0 Å². The lowest BCUT2D eigenvalue weighted by atomic mass is 9.91. The van der Waals surface area contributed by atoms with Gasteiger partial charge < -0.3 is 0 Å². The molecule has 0 spiro atoms. The summed E-state index contributed by atoms with van der Waals surface area (Å²) >= 11 is 0. The van der Waals surface area contributed by atoms with E-state index in [4.69, 9.17) is 0 Å². The summed E-state index contributed by atoms with van der Waals surface area (Å²) in [7, 11) is 0. The van der Waals surface area contributed by atoms with Crippen LogP contribution in [0.15, 0.2) is 73.3 Å². The number of benzene rings is 2. The van der Waals surface area contributed by atoms with Crippen molar-refractivity contribution in [2.75, 3.05) is 0 Å². The molecule has 0 radical (unpaired) electrons. The van der Waals surface area contributed by atoms with E-state index >= 15 is 0 Å². The molecular formula is C16H15N3. The second-order valence-electron chi connectivity index (χ2n) is 4.49. The summed E-state index contributed by atoms with van der Waals surface area (Å²) < 4.78 is 1.88. The van der Waals surface area contributed by atoms with Crippen LogP contribution in [0.2, 0.25) is 0 Å². The lowest BCUT2D eigenvalue weighted by molar-refractivity contribution is 0.562. The Hall–Kier alpha value is -2.42. The van der Waals surface area contributed by atoms with Crippen molar-refractivity contribution in [2.24, 2.45) is 0 Å². The van der Waals surface area contributed by atoms with Crippen molar-refractivity contribution in [3.8, 4) is 0 Å². The van der Waals surface area contributed by atoms with Gasteiger partial charge in [-0.25, -0.2) is 4.98 Å². The molecule has 3 aromatic rings. The first-order chi connectivity index (χ1) is 9.43. The van der Waals surface area contributed by atoms with Gasteiger partial charge in [0.2, 0.25) is 0 Å². The van der Waals surface area contributed by atoms with Crippen LogP contribution >= 0.6 is 0 Å². The highest BCUT2D eigenvalue weighted by molar-refractivity contribution is 5.32. The summed E-state index contributed by atoms with van der Waals surface area (Å²) in [5.74, 6) is 0.295. The van der Waals surface area contributed by atoms with Crippen LogP contribution in [0.5, 0.6) is 0 Å². The van der Waals surface area contributed by atoms with Gasteiger partial charge >= 0.3 is 0 Å². The zero-order valence-electron chi connectivity index (χ0n) is 10.6. The third kappa shape index (κ3) is 2.71. The van der Waals surface area contributed by atoms with Crippen molar-refractivity contribution >= 4 is 0 Å². The molecule has 0 aliphatic rings. The lowest BCUT2D eigenvalue weighted by Gasteiger charge is -2.17. The Morgan fingerprint density at radius 3 is 1.89 bits per heavy atom. The van der Waals surface area contributed by atoms with Crippen LogP contribution in [0.4, 0.5) is 0 Å². The zero-order valence-corrected chi connectivity index (χ0v) is 10.6. The Morgan fingerprint density at radius 2 is 1.42 bits per heavy atom. The van der Waals surface area contributed by atoms with Gasteiger partial charge in [0.25, 0.3) is 0 Å². The Kier molecular flexibility index (Phi) is 3.36. The van der Waals surface area contributed by atoms with Gasteiger partial charge in [-0.3, -0.25) is 4.68 Å². The molecule has 0 unspecified atom stereocenters. The molecule has 3 heteroatoms. The Morgan fingerprint density at radius 1 is 0.842 bits per heavy atom. The number of rotatable bonds is 4. The maximum absolute atomic E-state index is 4.21. The molecule has 2 aromatic carbocycles. The fourth-order valence-electron chi connectivity index (χ4n) is 2.29. The molecule has 0 aliphatic carbocycles. The van der Waals surface area contributed by atoms with Gasteiger partial charge in [0, 0.05) is 5.92 Å². The molecule has 0 aliphatic heterocycles. The molecular weight excluding hydrogens is 234 g/mol. The summed E-state index contributed by atoms with van der Waals surface area (Å²) in [5.41, 5.74) is 2.59. The standard InChI is InChI=1S/C16H15N3/c1-3-7-14(8-4-1)16(11-19-13-17-12-18-19)15-9-5-2-6-10-15/h1-10,12-13,16H,11H2. The average molecular weight is 249 g/mol. The predicted molar refractivity (Wildman–Crippen MR) is 74.7 cm³/mol. The van der Waals surface area contributed by atoms with Gasteiger partial charge in [-0.05, 0) is 11.1 Å². The van der Waals surface area contributed by atoms with E-state index in [1.54, 1.807) is 12.7 Å². The van der Waals surface area contributed by atoms with Gasteiger partial charge in [-0.1, -0.05) is 60.7 Å². The summed E-state index contributed by atoms with van der Waals surface area (Å²) in [4.78, 5) is 4.01. The van der Waals surface area contributed by atoms with Crippen molar-refractivity contribution in [2.45, 2.75) is 12.5 Å². The van der Waals surface area contributed by atoms with Crippen LogP contribution in [0, 0.1) is 0 Å². The molecule has 1 heterocycles. The van der Waals surface area contributed by atoms with Crippen molar-refractivity contribution in [1.29, 1.82) is 0 Å². The quantitative estimate of drug-likeness (QED) is 0.711. The normalized spacial score (nSPS) is 10.8. The zero-order chi connectivity index (χ0) is 12.9. The second kappa shape index (κ2) is 5.48. The topological polar surface area (TPSA) is 30.7 Å². The van der Waals surface area contributed by atoms with Crippen molar-refractivity contribution in [1.82, 2.24) is 14.8 Å². The molecule has 0 N–H and O–H groups in total. The van der Waals surface area contributed by atoms with Gasteiger partial charge in [0.05, 0.1) is 6.54 Å². The van der Waals surface area contributed by atoms with Crippen LogP contribution in [-0.2, 0) is 6.54 Å². The number of hydrogen-bond donors (Lipinski definition) is 0. The average Bonchev–Trinajstić information content (AvgIpc) is 3.00.